The Morgan fingerprint density at radius 3 is 2.50 bits per heavy atom. The maximum Gasteiger partial charge on any atom is 0.224 e. The summed E-state index contributed by atoms with van der Waals surface area (Å²) < 4.78 is 0.817. The Bertz CT molecular complexity index is 488. The van der Waals surface area contributed by atoms with Crippen molar-refractivity contribution in [3.63, 3.8) is 0 Å². The van der Waals surface area contributed by atoms with Crippen LogP contribution in [0, 0.1) is 5.41 Å². The zero-order chi connectivity index (χ0) is 13.9. The molecule has 0 saturated carbocycles. The van der Waals surface area contributed by atoms with Crippen LogP contribution < -0.4 is 16.8 Å². The number of nitrogens with one attached hydrogen (secondary N) is 1. The summed E-state index contributed by atoms with van der Waals surface area (Å²) in [5, 5.41) is 3.16. The van der Waals surface area contributed by atoms with Gasteiger partial charge in [-0.25, -0.2) is 0 Å². The lowest BCUT2D eigenvalue weighted by molar-refractivity contribution is -0.125. The number of benzene rings is 1. The molecule has 0 heterocycles. The monoisotopic (exact) mass is 329 g/mol. The normalized spacial score (nSPS) is 11.1. The van der Waals surface area contributed by atoms with Crippen molar-refractivity contribution >= 4 is 44.7 Å². The second-order valence-corrected chi connectivity index (χ2v) is 5.95. The van der Waals surface area contributed by atoms with Gasteiger partial charge in [-0.1, -0.05) is 12.2 Å². The van der Waals surface area contributed by atoms with Gasteiger partial charge in [0.15, 0.2) is 0 Å². The first kappa shape index (κ1) is 14.9. The summed E-state index contributed by atoms with van der Waals surface area (Å²) in [6.07, 6.45) is 0. The predicted molar refractivity (Wildman–Crippen MR) is 81.5 cm³/mol. The van der Waals surface area contributed by atoms with Crippen LogP contribution in [0.1, 0.15) is 19.4 Å². The van der Waals surface area contributed by atoms with E-state index < -0.39 is 5.41 Å². The van der Waals surface area contributed by atoms with E-state index in [0.29, 0.717) is 11.5 Å². The standard InChI is InChI=1S/C12H16BrN3OS/c1-12(2,11(15)17)6-16-7-3-4-8(10(14)18)9(13)5-7/h3-5,16H,6H2,1-2H3,(H2,14,18)(H2,15,17). The van der Waals surface area contributed by atoms with Gasteiger partial charge in [-0.15, -0.1) is 0 Å². The second kappa shape index (κ2) is 5.67. The SMILES string of the molecule is CC(C)(CNc1ccc(C(N)=S)c(Br)c1)C(N)=O. The number of carbonyl (C=O) groups is 1. The molecule has 5 N–H and O–H groups in total. The molecular weight excluding hydrogens is 314 g/mol. The molecule has 1 aromatic rings. The molecule has 6 heteroatoms. The fraction of sp³-hybridized carbons (Fsp3) is 0.333. The summed E-state index contributed by atoms with van der Waals surface area (Å²) in [4.78, 5) is 11.5. The van der Waals surface area contributed by atoms with E-state index in [2.05, 4.69) is 21.2 Å². The van der Waals surface area contributed by atoms with E-state index >= 15 is 0 Å². The number of anilines is 1. The number of nitrogens with two attached hydrogens (primary N) is 2. The number of rotatable bonds is 5. The van der Waals surface area contributed by atoms with Gasteiger partial charge in [-0.05, 0) is 48.0 Å². The molecule has 0 aliphatic rings. The van der Waals surface area contributed by atoms with Gasteiger partial charge in [-0.2, -0.15) is 0 Å². The highest BCUT2D eigenvalue weighted by Crippen LogP contribution is 2.23. The quantitative estimate of drug-likeness (QED) is 0.722. The van der Waals surface area contributed by atoms with Gasteiger partial charge in [0.05, 0.1) is 5.41 Å². The van der Waals surface area contributed by atoms with Crippen LogP contribution in [-0.2, 0) is 4.79 Å². The summed E-state index contributed by atoms with van der Waals surface area (Å²) in [5.41, 5.74) is 11.9. The highest BCUT2D eigenvalue weighted by molar-refractivity contribution is 9.10. The fourth-order valence-electron chi connectivity index (χ4n) is 1.24. The fourth-order valence-corrected chi connectivity index (χ4v) is 2.14. The Labute approximate surface area is 120 Å². The van der Waals surface area contributed by atoms with Crippen LogP contribution in [0.2, 0.25) is 0 Å². The van der Waals surface area contributed by atoms with Crippen LogP contribution in [0.3, 0.4) is 0 Å². The van der Waals surface area contributed by atoms with Crippen molar-refractivity contribution in [1.29, 1.82) is 0 Å². The molecule has 0 aromatic heterocycles. The van der Waals surface area contributed by atoms with E-state index in [1.165, 1.54) is 0 Å². The van der Waals surface area contributed by atoms with Crippen molar-refractivity contribution in [1.82, 2.24) is 0 Å². The van der Waals surface area contributed by atoms with Crippen molar-refractivity contribution in [2.24, 2.45) is 16.9 Å². The third-order valence-corrected chi connectivity index (χ3v) is 3.51. The summed E-state index contributed by atoms with van der Waals surface area (Å²) in [6.45, 7) is 4.04. The van der Waals surface area contributed by atoms with Gasteiger partial charge in [0, 0.05) is 22.3 Å². The molecule has 0 radical (unpaired) electrons. The van der Waals surface area contributed by atoms with Gasteiger partial charge in [0.2, 0.25) is 5.91 Å². The van der Waals surface area contributed by atoms with E-state index in [4.69, 9.17) is 23.7 Å². The Morgan fingerprint density at radius 2 is 2.06 bits per heavy atom. The second-order valence-electron chi connectivity index (χ2n) is 4.66. The number of primary amides is 1. The zero-order valence-electron chi connectivity index (χ0n) is 10.3. The number of hydrogen-bond acceptors (Lipinski definition) is 3. The summed E-state index contributed by atoms with van der Waals surface area (Å²) in [6, 6.07) is 5.55. The van der Waals surface area contributed by atoms with Crippen molar-refractivity contribution in [3.05, 3.63) is 28.2 Å². The average molecular weight is 330 g/mol. The molecule has 1 aromatic carbocycles. The molecule has 0 saturated heterocycles. The number of hydrogen-bond donors (Lipinski definition) is 3. The lowest BCUT2D eigenvalue weighted by Gasteiger charge is -2.21. The maximum atomic E-state index is 11.2. The highest BCUT2D eigenvalue weighted by Gasteiger charge is 2.24. The van der Waals surface area contributed by atoms with Gasteiger partial charge < -0.3 is 16.8 Å². The number of thiocarbonyl (C=S) groups is 1. The molecule has 98 valence electrons. The molecule has 1 amide bonds. The van der Waals surface area contributed by atoms with E-state index in [1.54, 1.807) is 13.8 Å². The van der Waals surface area contributed by atoms with Crippen LogP contribution in [0.25, 0.3) is 0 Å². The lowest BCUT2D eigenvalue weighted by Crippen LogP contribution is -2.37. The van der Waals surface area contributed by atoms with Gasteiger partial charge in [-0.3, -0.25) is 4.79 Å². The van der Waals surface area contributed by atoms with Crippen LogP contribution >= 0.6 is 28.1 Å². The predicted octanol–water partition coefficient (Wildman–Crippen LogP) is 2.01. The van der Waals surface area contributed by atoms with Crippen molar-refractivity contribution in [2.75, 3.05) is 11.9 Å². The third-order valence-electron chi connectivity index (χ3n) is 2.64. The molecule has 1 rings (SSSR count). The third kappa shape index (κ3) is 3.68. The molecule has 0 fully saturated rings. The number of carbonyl (C=O) groups excluding carboxylic acids is 1. The molecule has 0 unspecified atom stereocenters. The molecule has 0 aliphatic carbocycles. The van der Waals surface area contributed by atoms with E-state index in [1.807, 2.05) is 18.2 Å². The Hall–Kier alpha value is -1.14. The smallest absolute Gasteiger partial charge is 0.224 e. The van der Waals surface area contributed by atoms with Crippen molar-refractivity contribution in [3.8, 4) is 0 Å². The first-order valence-corrected chi connectivity index (χ1v) is 6.57. The van der Waals surface area contributed by atoms with Crippen LogP contribution in [-0.4, -0.2) is 17.4 Å². The molecule has 0 spiro atoms. The van der Waals surface area contributed by atoms with Gasteiger partial charge in [0.1, 0.15) is 4.99 Å². The number of amides is 1. The summed E-state index contributed by atoms with van der Waals surface area (Å²) in [5.74, 6) is -0.339. The first-order valence-electron chi connectivity index (χ1n) is 5.37. The molecule has 0 bridgehead atoms. The van der Waals surface area contributed by atoms with Crippen LogP contribution in [0.15, 0.2) is 22.7 Å². The summed E-state index contributed by atoms with van der Waals surface area (Å²) in [7, 11) is 0. The van der Waals surface area contributed by atoms with Crippen molar-refractivity contribution in [2.45, 2.75) is 13.8 Å². The highest BCUT2D eigenvalue weighted by atomic mass is 79.9. The number of halogens is 1. The maximum absolute atomic E-state index is 11.2. The molecule has 18 heavy (non-hydrogen) atoms. The van der Waals surface area contributed by atoms with E-state index in [0.717, 1.165) is 15.7 Å². The Morgan fingerprint density at radius 1 is 1.44 bits per heavy atom. The van der Waals surface area contributed by atoms with E-state index in [-0.39, 0.29) is 5.91 Å². The topological polar surface area (TPSA) is 81.1 Å². The molecular formula is C12H16BrN3OS. The van der Waals surface area contributed by atoms with Gasteiger partial charge in [0.25, 0.3) is 0 Å². The summed E-state index contributed by atoms with van der Waals surface area (Å²) >= 11 is 8.32. The minimum atomic E-state index is -0.603. The zero-order valence-corrected chi connectivity index (χ0v) is 12.7. The molecule has 0 atom stereocenters. The molecule has 4 nitrogen and oxygen atoms in total. The molecule has 0 aliphatic heterocycles. The minimum Gasteiger partial charge on any atom is -0.389 e. The largest absolute Gasteiger partial charge is 0.389 e. The Kier molecular flexibility index (Phi) is 4.70. The first-order chi connectivity index (χ1) is 8.24. The van der Waals surface area contributed by atoms with Crippen LogP contribution in [0.4, 0.5) is 5.69 Å². The Balaban J connectivity index is 2.79. The van der Waals surface area contributed by atoms with Crippen molar-refractivity contribution < 1.29 is 4.79 Å². The average Bonchev–Trinajstić information content (AvgIpc) is 2.25. The minimum absolute atomic E-state index is 0.339. The lowest BCUT2D eigenvalue weighted by atomic mass is 9.92. The van der Waals surface area contributed by atoms with E-state index in [9.17, 15) is 4.79 Å². The van der Waals surface area contributed by atoms with Crippen LogP contribution in [0.5, 0.6) is 0 Å². The van der Waals surface area contributed by atoms with Gasteiger partial charge >= 0.3 is 0 Å².